The molecular formula is C23H24N2O4S. The molecule has 0 aliphatic carbocycles. The van der Waals surface area contributed by atoms with Crippen LogP contribution in [0.1, 0.15) is 30.9 Å². The minimum absolute atomic E-state index is 0.109. The highest BCUT2D eigenvalue weighted by Crippen LogP contribution is 2.39. The molecule has 2 amide bonds. The van der Waals surface area contributed by atoms with Gasteiger partial charge in [0.1, 0.15) is 22.5 Å². The molecule has 2 heterocycles. The van der Waals surface area contributed by atoms with Gasteiger partial charge in [-0.25, -0.2) is 0 Å². The highest BCUT2D eigenvalue weighted by atomic mass is 32.2. The average Bonchev–Trinajstić information content (AvgIpc) is 3.16. The molecule has 7 heteroatoms. The second-order valence-corrected chi connectivity index (χ2v) is 8.35. The summed E-state index contributed by atoms with van der Waals surface area (Å²) < 4.78 is 11.9. The first-order valence-corrected chi connectivity index (χ1v) is 11.0. The minimum atomic E-state index is -0.120. The van der Waals surface area contributed by atoms with Crippen molar-refractivity contribution in [1.29, 1.82) is 0 Å². The van der Waals surface area contributed by atoms with E-state index in [-0.39, 0.29) is 17.2 Å². The average molecular weight is 425 g/mol. The summed E-state index contributed by atoms with van der Waals surface area (Å²) >= 11 is 1.74. The fraction of sp³-hybridized carbons (Fsp3) is 0.304. The fourth-order valence-electron chi connectivity index (χ4n) is 3.52. The van der Waals surface area contributed by atoms with Crippen molar-refractivity contribution in [3.63, 3.8) is 0 Å². The number of ether oxygens (including phenoxy) is 1. The van der Waals surface area contributed by atoms with Gasteiger partial charge in [-0.2, -0.15) is 0 Å². The van der Waals surface area contributed by atoms with Crippen LogP contribution in [0, 0.1) is 0 Å². The summed E-state index contributed by atoms with van der Waals surface area (Å²) in [6.07, 6.45) is 1.24. The van der Waals surface area contributed by atoms with E-state index in [9.17, 15) is 9.59 Å². The van der Waals surface area contributed by atoms with Crippen LogP contribution in [0.4, 0.5) is 5.69 Å². The highest BCUT2D eigenvalue weighted by molar-refractivity contribution is 7.99. The lowest BCUT2D eigenvalue weighted by atomic mass is 10.2. The summed E-state index contributed by atoms with van der Waals surface area (Å²) in [6, 6.07) is 17.2. The summed E-state index contributed by atoms with van der Waals surface area (Å²) in [5.41, 5.74) is 1.54. The molecule has 1 unspecified atom stereocenters. The lowest BCUT2D eigenvalue weighted by Gasteiger charge is -2.33. The number of rotatable bonds is 7. The van der Waals surface area contributed by atoms with Gasteiger partial charge in [0.2, 0.25) is 11.8 Å². The van der Waals surface area contributed by atoms with Crippen LogP contribution in [0.2, 0.25) is 0 Å². The van der Waals surface area contributed by atoms with Crippen molar-refractivity contribution in [2.45, 2.75) is 25.1 Å². The summed E-state index contributed by atoms with van der Waals surface area (Å²) in [4.78, 5) is 25.7. The monoisotopic (exact) mass is 424 g/mol. The van der Waals surface area contributed by atoms with E-state index in [1.807, 2.05) is 53.4 Å². The van der Waals surface area contributed by atoms with Gasteiger partial charge in [-0.15, -0.1) is 11.8 Å². The van der Waals surface area contributed by atoms with Gasteiger partial charge in [0.15, 0.2) is 0 Å². The van der Waals surface area contributed by atoms with Gasteiger partial charge in [0.25, 0.3) is 0 Å². The molecule has 1 aromatic heterocycles. The Morgan fingerprint density at radius 3 is 2.93 bits per heavy atom. The Bertz CT molecular complexity index is 1020. The maximum absolute atomic E-state index is 12.6. The van der Waals surface area contributed by atoms with E-state index in [2.05, 4.69) is 5.32 Å². The Kier molecular flexibility index (Phi) is 6.28. The fourth-order valence-corrected chi connectivity index (χ4v) is 4.71. The standard InChI is InChI=1S/C23H24N2O4S/c1-16(26)24-18-7-4-8-19(15-18)28-12-5-11-25-22(27)10-13-30-23(25)21-14-17-6-2-3-9-20(17)29-21/h2-4,6-9,14-15,23H,5,10-13H2,1H3,(H,24,26). The predicted octanol–water partition coefficient (Wildman–Crippen LogP) is 4.82. The molecule has 0 radical (unpaired) electrons. The summed E-state index contributed by atoms with van der Waals surface area (Å²) in [7, 11) is 0. The number of benzene rings is 2. The number of anilines is 1. The van der Waals surface area contributed by atoms with Crippen molar-refractivity contribution < 1.29 is 18.7 Å². The number of hydrogen-bond acceptors (Lipinski definition) is 5. The third-order valence-corrected chi connectivity index (χ3v) is 6.09. The molecule has 1 N–H and O–H groups in total. The van der Waals surface area contributed by atoms with Crippen LogP contribution in [0.5, 0.6) is 5.75 Å². The molecule has 1 aliphatic rings. The van der Waals surface area contributed by atoms with Gasteiger partial charge >= 0.3 is 0 Å². The SMILES string of the molecule is CC(=O)Nc1cccc(OCCCN2C(=O)CCSC2c2cc3ccccc3o2)c1. The molecule has 2 aromatic carbocycles. The van der Waals surface area contributed by atoms with Crippen LogP contribution < -0.4 is 10.1 Å². The number of fused-ring (bicyclic) bond motifs is 1. The lowest BCUT2D eigenvalue weighted by Crippen LogP contribution is -2.38. The number of nitrogens with zero attached hydrogens (tertiary/aromatic N) is 1. The molecule has 6 nitrogen and oxygen atoms in total. The topological polar surface area (TPSA) is 71.8 Å². The molecule has 0 bridgehead atoms. The Morgan fingerprint density at radius 2 is 2.10 bits per heavy atom. The van der Waals surface area contributed by atoms with Crippen LogP contribution in [0.3, 0.4) is 0 Å². The number of amides is 2. The Hall–Kier alpha value is -2.93. The predicted molar refractivity (Wildman–Crippen MR) is 119 cm³/mol. The zero-order valence-electron chi connectivity index (χ0n) is 16.8. The number of carbonyl (C=O) groups is 2. The Morgan fingerprint density at radius 1 is 1.23 bits per heavy atom. The van der Waals surface area contributed by atoms with Gasteiger partial charge in [-0.1, -0.05) is 24.3 Å². The van der Waals surface area contributed by atoms with Gasteiger partial charge in [-0.3, -0.25) is 9.59 Å². The van der Waals surface area contributed by atoms with Gasteiger partial charge in [0, 0.05) is 42.8 Å². The maximum atomic E-state index is 12.6. The quantitative estimate of drug-likeness (QED) is 0.551. The first-order chi connectivity index (χ1) is 14.6. The first kappa shape index (κ1) is 20.3. The van der Waals surface area contributed by atoms with E-state index in [4.69, 9.17) is 9.15 Å². The van der Waals surface area contributed by atoms with E-state index in [0.717, 1.165) is 22.5 Å². The van der Waals surface area contributed by atoms with Crippen LogP contribution in [0.15, 0.2) is 59.0 Å². The van der Waals surface area contributed by atoms with Crippen molar-refractivity contribution in [3.05, 3.63) is 60.4 Å². The molecule has 0 saturated carbocycles. The van der Waals surface area contributed by atoms with E-state index >= 15 is 0 Å². The number of thioether (sulfide) groups is 1. The Labute approximate surface area is 179 Å². The normalized spacial score (nSPS) is 16.6. The highest BCUT2D eigenvalue weighted by Gasteiger charge is 2.31. The molecule has 156 valence electrons. The molecule has 3 aromatic rings. The summed E-state index contributed by atoms with van der Waals surface area (Å²) in [5.74, 6) is 2.33. The second kappa shape index (κ2) is 9.26. The third kappa shape index (κ3) is 4.79. The van der Waals surface area contributed by atoms with Crippen LogP contribution in [-0.2, 0) is 9.59 Å². The molecule has 30 heavy (non-hydrogen) atoms. The molecule has 1 saturated heterocycles. The second-order valence-electron chi connectivity index (χ2n) is 7.16. The van der Waals surface area contributed by atoms with Crippen LogP contribution in [0.25, 0.3) is 11.0 Å². The van der Waals surface area contributed by atoms with Gasteiger partial charge in [0.05, 0.1) is 6.61 Å². The van der Waals surface area contributed by atoms with E-state index in [1.165, 1.54) is 6.92 Å². The third-order valence-electron chi connectivity index (χ3n) is 4.85. The van der Waals surface area contributed by atoms with Crippen molar-refractivity contribution in [2.75, 3.05) is 24.2 Å². The smallest absolute Gasteiger partial charge is 0.224 e. The van der Waals surface area contributed by atoms with E-state index < -0.39 is 0 Å². The zero-order valence-corrected chi connectivity index (χ0v) is 17.6. The van der Waals surface area contributed by atoms with Gasteiger partial charge < -0.3 is 19.4 Å². The largest absolute Gasteiger partial charge is 0.493 e. The van der Waals surface area contributed by atoms with Crippen molar-refractivity contribution in [3.8, 4) is 5.75 Å². The van der Waals surface area contributed by atoms with Crippen molar-refractivity contribution in [1.82, 2.24) is 4.90 Å². The lowest BCUT2D eigenvalue weighted by molar-refractivity contribution is -0.132. The minimum Gasteiger partial charge on any atom is -0.493 e. The van der Waals surface area contributed by atoms with Crippen molar-refractivity contribution in [2.24, 2.45) is 0 Å². The summed E-state index contributed by atoms with van der Waals surface area (Å²) in [5, 5.41) is 3.68. The zero-order chi connectivity index (χ0) is 20.9. The number of para-hydroxylation sites is 1. The first-order valence-electron chi connectivity index (χ1n) is 10.0. The van der Waals surface area contributed by atoms with E-state index in [1.54, 1.807) is 17.8 Å². The molecular weight excluding hydrogens is 400 g/mol. The van der Waals surface area contributed by atoms with Gasteiger partial charge in [-0.05, 0) is 30.7 Å². The van der Waals surface area contributed by atoms with Crippen LogP contribution >= 0.6 is 11.8 Å². The number of hydrogen-bond donors (Lipinski definition) is 1. The Balaban J connectivity index is 1.37. The molecule has 1 aliphatic heterocycles. The molecule has 0 spiro atoms. The number of carbonyl (C=O) groups excluding carboxylic acids is 2. The number of nitrogens with one attached hydrogen (secondary N) is 1. The van der Waals surface area contributed by atoms with Crippen LogP contribution in [-0.4, -0.2) is 35.6 Å². The van der Waals surface area contributed by atoms with Crippen molar-refractivity contribution >= 4 is 40.2 Å². The molecule has 1 fully saturated rings. The molecule has 4 rings (SSSR count). The number of furan rings is 1. The molecule has 1 atom stereocenters. The maximum Gasteiger partial charge on any atom is 0.224 e. The summed E-state index contributed by atoms with van der Waals surface area (Å²) in [6.45, 7) is 2.54. The van der Waals surface area contributed by atoms with E-state index in [0.29, 0.717) is 37.4 Å².